The zero-order chi connectivity index (χ0) is 14.4. The van der Waals surface area contributed by atoms with Crippen molar-refractivity contribution >= 4 is 11.6 Å². The molecule has 2 rings (SSSR count). The van der Waals surface area contributed by atoms with Crippen LogP contribution in [0, 0.1) is 0 Å². The first-order valence-corrected chi connectivity index (χ1v) is 7.89. The number of nitrogens with zero attached hydrogens (tertiary/aromatic N) is 1. The minimum absolute atomic E-state index is 0.407. The van der Waals surface area contributed by atoms with E-state index in [2.05, 4.69) is 24.0 Å². The number of halogens is 1. The second-order valence-electron chi connectivity index (χ2n) is 5.48. The molecule has 3 nitrogen and oxygen atoms in total. The van der Waals surface area contributed by atoms with Crippen LogP contribution in [0.15, 0.2) is 24.3 Å². The molecule has 1 heterocycles. The van der Waals surface area contributed by atoms with Gasteiger partial charge in [0, 0.05) is 30.8 Å². The van der Waals surface area contributed by atoms with Crippen LogP contribution in [-0.2, 0) is 4.74 Å². The van der Waals surface area contributed by atoms with Crippen LogP contribution in [0.5, 0.6) is 0 Å². The Hall–Kier alpha value is -0.610. The van der Waals surface area contributed by atoms with E-state index in [1.54, 1.807) is 0 Å². The third-order valence-corrected chi connectivity index (χ3v) is 4.29. The Morgan fingerprint density at radius 3 is 2.80 bits per heavy atom. The molecule has 1 unspecified atom stereocenters. The molecule has 1 aliphatic rings. The Labute approximate surface area is 127 Å². The quantitative estimate of drug-likeness (QED) is 0.819. The van der Waals surface area contributed by atoms with Gasteiger partial charge in [0.05, 0.1) is 6.10 Å². The molecule has 0 saturated carbocycles. The van der Waals surface area contributed by atoms with Crippen LogP contribution in [0.2, 0.25) is 5.02 Å². The number of hydrogen-bond acceptors (Lipinski definition) is 3. The zero-order valence-corrected chi connectivity index (χ0v) is 13.0. The topological polar surface area (TPSA) is 38.5 Å². The predicted molar refractivity (Wildman–Crippen MR) is 84.1 cm³/mol. The van der Waals surface area contributed by atoms with Gasteiger partial charge in [-0.3, -0.25) is 4.90 Å². The summed E-state index contributed by atoms with van der Waals surface area (Å²) in [5, 5.41) is 0.814. The number of likely N-dealkylation sites (tertiary alicyclic amines) is 1. The minimum Gasteiger partial charge on any atom is -0.378 e. The van der Waals surface area contributed by atoms with Crippen LogP contribution < -0.4 is 5.73 Å². The lowest BCUT2D eigenvalue weighted by Gasteiger charge is -2.36. The van der Waals surface area contributed by atoms with Gasteiger partial charge < -0.3 is 10.5 Å². The van der Waals surface area contributed by atoms with Gasteiger partial charge in [-0.15, -0.1) is 0 Å². The van der Waals surface area contributed by atoms with Crippen molar-refractivity contribution in [2.75, 3.05) is 26.2 Å². The molecule has 1 aromatic carbocycles. The SMILES string of the molecule is CC(c1cccc(Cl)c1)N1CCC(OCCCN)CC1. The number of ether oxygens (including phenoxy) is 1. The fourth-order valence-electron chi connectivity index (χ4n) is 2.74. The van der Waals surface area contributed by atoms with Gasteiger partial charge in [0.1, 0.15) is 0 Å². The molecule has 0 spiro atoms. The van der Waals surface area contributed by atoms with Crippen LogP contribution in [-0.4, -0.2) is 37.2 Å². The normalized spacial score (nSPS) is 19.1. The van der Waals surface area contributed by atoms with Gasteiger partial charge in [-0.05, 0) is 50.4 Å². The van der Waals surface area contributed by atoms with Crippen LogP contribution in [0.1, 0.15) is 37.8 Å². The molecule has 2 N–H and O–H groups in total. The highest BCUT2D eigenvalue weighted by Gasteiger charge is 2.23. The number of hydrogen-bond donors (Lipinski definition) is 1. The molecule has 0 radical (unpaired) electrons. The molecule has 0 amide bonds. The Morgan fingerprint density at radius 1 is 1.40 bits per heavy atom. The summed E-state index contributed by atoms with van der Waals surface area (Å²) < 4.78 is 5.85. The minimum atomic E-state index is 0.407. The maximum atomic E-state index is 6.07. The van der Waals surface area contributed by atoms with E-state index in [0.29, 0.717) is 18.7 Å². The van der Waals surface area contributed by atoms with Crippen molar-refractivity contribution in [1.82, 2.24) is 4.90 Å². The number of rotatable bonds is 6. The van der Waals surface area contributed by atoms with Crippen molar-refractivity contribution < 1.29 is 4.74 Å². The summed E-state index contributed by atoms with van der Waals surface area (Å²) in [5.41, 5.74) is 6.78. The van der Waals surface area contributed by atoms with Crippen molar-refractivity contribution in [2.24, 2.45) is 5.73 Å². The Kier molecular flexibility index (Phi) is 6.30. The first kappa shape index (κ1) is 15.8. The van der Waals surface area contributed by atoms with Gasteiger partial charge in [0.2, 0.25) is 0 Å². The molecule has 1 saturated heterocycles. The van der Waals surface area contributed by atoms with Gasteiger partial charge in [-0.1, -0.05) is 23.7 Å². The van der Waals surface area contributed by atoms with Crippen molar-refractivity contribution in [1.29, 1.82) is 0 Å². The second-order valence-corrected chi connectivity index (χ2v) is 5.92. The molecular weight excluding hydrogens is 272 g/mol. The van der Waals surface area contributed by atoms with Gasteiger partial charge >= 0.3 is 0 Å². The molecule has 4 heteroatoms. The van der Waals surface area contributed by atoms with E-state index in [0.717, 1.165) is 44.0 Å². The van der Waals surface area contributed by atoms with Crippen LogP contribution in [0.25, 0.3) is 0 Å². The number of piperidine rings is 1. The summed E-state index contributed by atoms with van der Waals surface area (Å²) in [6.07, 6.45) is 3.58. The lowest BCUT2D eigenvalue weighted by Crippen LogP contribution is -2.38. The van der Waals surface area contributed by atoms with Crippen molar-refractivity contribution in [2.45, 2.75) is 38.3 Å². The smallest absolute Gasteiger partial charge is 0.0599 e. The largest absolute Gasteiger partial charge is 0.378 e. The van der Waals surface area contributed by atoms with Crippen molar-refractivity contribution in [3.63, 3.8) is 0 Å². The third-order valence-electron chi connectivity index (χ3n) is 4.06. The summed E-state index contributed by atoms with van der Waals surface area (Å²) in [7, 11) is 0. The molecule has 0 aromatic heterocycles. The van der Waals surface area contributed by atoms with Crippen molar-refractivity contribution in [3.8, 4) is 0 Å². The average molecular weight is 297 g/mol. The fraction of sp³-hybridized carbons (Fsp3) is 0.625. The highest BCUT2D eigenvalue weighted by atomic mass is 35.5. The van der Waals surface area contributed by atoms with Crippen LogP contribution in [0.4, 0.5) is 0 Å². The summed E-state index contributed by atoms with van der Waals surface area (Å²) in [6.45, 7) is 5.93. The fourth-order valence-corrected chi connectivity index (χ4v) is 2.94. The summed E-state index contributed by atoms with van der Waals surface area (Å²) in [4.78, 5) is 2.51. The average Bonchev–Trinajstić information content (AvgIpc) is 2.47. The highest BCUT2D eigenvalue weighted by Crippen LogP contribution is 2.26. The Bertz CT molecular complexity index is 405. The predicted octanol–water partition coefficient (Wildman–Crippen LogP) is 3.23. The van der Waals surface area contributed by atoms with E-state index < -0.39 is 0 Å². The monoisotopic (exact) mass is 296 g/mol. The van der Waals surface area contributed by atoms with E-state index in [4.69, 9.17) is 22.1 Å². The first-order valence-electron chi connectivity index (χ1n) is 7.52. The summed E-state index contributed by atoms with van der Waals surface area (Å²) >= 11 is 6.07. The standard InChI is InChI=1S/C16H25ClN2O/c1-13(14-4-2-5-15(17)12-14)19-9-6-16(7-10-19)20-11-3-8-18/h2,4-5,12-13,16H,3,6-11,18H2,1H3. The van der Waals surface area contributed by atoms with E-state index in [9.17, 15) is 0 Å². The number of benzene rings is 1. The summed E-state index contributed by atoms with van der Waals surface area (Å²) in [6, 6.07) is 8.58. The molecule has 1 aromatic rings. The van der Waals surface area contributed by atoms with Gasteiger partial charge in [-0.2, -0.15) is 0 Å². The Balaban J connectivity index is 1.81. The van der Waals surface area contributed by atoms with Crippen LogP contribution in [0.3, 0.4) is 0 Å². The molecule has 0 aliphatic carbocycles. The van der Waals surface area contributed by atoms with E-state index in [1.165, 1.54) is 5.56 Å². The lowest BCUT2D eigenvalue weighted by molar-refractivity contribution is -0.000746. The van der Waals surface area contributed by atoms with Gasteiger partial charge in [-0.25, -0.2) is 0 Å². The maximum absolute atomic E-state index is 6.07. The molecule has 1 fully saturated rings. The van der Waals surface area contributed by atoms with E-state index >= 15 is 0 Å². The Morgan fingerprint density at radius 2 is 2.15 bits per heavy atom. The van der Waals surface area contributed by atoms with Gasteiger partial charge in [0.15, 0.2) is 0 Å². The van der Waals surface area contributed by atoms with Crippen molar-refractivity contribution in [3.05, 3.63) is 34.9 Å². The molecule has 1 aliphatic heterocycles. The van der Waals surface area contributed by atoms with E-state index in [1.807, 2.05) is 12.1 Å². The molecule has 0 bridgehead atoms. The van der Waals surface area contributed by atoms with Gasteiger partial charge in [0.25, 0.3) is 0 Å². The maximum Gasteiger partial charge on any atom is 0.0599 e. The molecule has 1 atom stereocenters. The first-order chi connectivity index (χ1) is 9.70. The van der Waals surface area contributed by atoms with E-state index in [-0.39, 0.29) is 0 Å². The molecule has 112 valence electrons. The summed E-state index contributed by atoms with van der Waals surface area (Å²) in [5.74, 6) is 0. The zero-order valence-electron chi connectivity index (χ0n) is 12.2. The highest BCUT2D eigenvalue weighted by molar-refractivity contribution is 6.30. The second kappa shape index (κ2) is 7.99. The van der Waals surface area contributed by atoms with Crippen LogP contribution >= 0.6 is 11.6 Å². The number of nitrogens with two attached hydrogens (primary N) is 1. The molecule has 20 heavy (non-hydrogen) atoms. The third kappa shape index (κ3) is 4.45. The lowest BCUT2D eigenvalue weighted by atomic mass is 10.0. The molecular formula is C16H25ClN2O.